The van der Waals surface area contributed by atoms with Gasteiger partial charge in [-0.15, -0.1) is 0 Å². The Hall–Kier alpha value is -2.83. The predicted octanol–water partition coefficient (Wildman–Crippen LogP) is 1.84. The molecule has 7 heteroatoms. The topological polar surface area (TPSA) is 82.5 Å². The van der Waals surface area contributed by atoms with Crippen LogP contribution in [0.25, 0.3) is 11.3 Å². The molecule has 0 aliphatic carbocycles. The normalized spacial score (nSPS) is 11.7. The van der Waals surface area contributed by atoms with E-state index in [-0.39, 0.29) is 18.5 Å². The van der Waals surface area contributed by atoms with Crippen molar-refractivity contribution in [2.75, 3.05) is 14.2 Å². The number of methoxy groups -OCH3 is 2. The monoisotopic (exact) mass is 345 g/mol. The van der Waals surface area contributed by atoms with E-state index in [1.165, 1.54) is 13.2 Å². The number of aromatic nitrogens is 2. The molecule has 1 heterocycles. The Kier molecular flexibility index (Phi) is 6.16. The summed E-state index contributed by atoms with van der Waals surface area (Å²) in [6.07, 6.45) is 0.813. The highest BCUT2D eigenvalue weighted by Gasteiger charge is 2.14. The van der Waals surface area contributed by atoms with E-state index < -0.39 is 5.56 Å². The molecule has 1 amide bonds. The third-order valence-corrected chi connectivity index (χ3v) is 3.86. The van der Waals surface area contributed by atoms with Crippen LogP contribution in [0.1, 0.15) is 20.3 Å². The first-order valence-corrected chi connectivity index (χ1v) is 8.08. The van der Waals surface area contributed by atoms with Gasteiger partial charge in [0, 0.05) is 17.7 Å². The van der Waals surface area contributed by atoms with Crippen LogP contribution in [0.4, 0.5) is 0 Å². The van der Waals surface area contributed by atoms with E-state index in [0.717, 1.165) is 16.7 Å². The Morgan fingerprint density at radius 2 is 1.92 bits per heavy atom. The molecular formula is C18H23N3O4. The zero-order valence-corrected chi connectivity index (χ0v) is 14.9. The van der Waals surface area contributed by atoms with Gasteiger partial charge in [-0.05, 0) is 37.6 Å². The second-order valence-electron chi connectivity index (χ2n) is 5.66. The van der Waals surface area contributed by atoms with Gasteiger partial charge < -0.3 is 14.8 Å². The average Bonchev–Trinajstić information content (AvgIpc) is 2.62. The van der Waals surface area contributed by atoms with Crippen molar-refractivity contribution in [3.8, 4) is 22.8 Å². The maximum absolute atomic E-state index is 12.2. The number of rotatable bonds is 7. The first-order valence-electron chi connectivity index (χ1n) is 8.08. The second kappa shape index (κ2) is 8.32. The number of carbonyl (C=O) groups is 1. The fraction of sp³-hybridized carbons (Fsp3) is 0.389. The molecule has 0 fully saturated rings. The molecule has 0 saturated heterocycles. The molecule has 7 nitrogen and oxygen atoms in total. The number of carbonyl (C=O) groups excluding carboxylic acids is 1. The molecule has 0 aliphatic heterocycles. The Morgan fingerprint density at radius 1 is 1.24 bits per heavy atom. The highest BCUT2D eigenvalue weighted by molar-refractivity contribution is 5.76. The van der Waals surface area contributed by atoms with E-state index >= 15 is 0 Å². The smallest absolute Gasteiger partial charge is 0.270 e. The minimum absolute atomic E-state index is 0.0440. The predicted molar refractivity (Wildman–Crippen MR) is 94.9 cm³/mol. The summed E-state index contributed by atoms with van der Waals surface area (Å²) in [6.45, 7) is 3.74. The molecule has 0 aliphatic rings. The zero-order chi connectivity index (χ0) is 18.4. The molecule has 0 saturated carbocycles. The summed E-state index contributed by atoms with van der Waals surface area (Å²) in [5.41, 5.74) is 0.850. The van der Waals surface area contributed by atoms with Crippen LogP contribution in [-0.4, -0.2) is 35.9 Å². The van der Waals surface area contributed by atoms with Gasteiger partial charge in [0.05, 0.1) is 14.2 Å². The highest BCUT2D eigenvalue weighted by atomic mass is 16.5. The molecule has 0 spiro atoms. The number of nitrogens with one attached hydrogen (secondary N) is 1. The quantitative estimate of drug-likeness (QED) is 0.828. The van der Waals surface area contributed by atoms with Gasteiger partial charge in [-0.2, -0.15) is 5.10 Å². The molecule has 0 bridgehead atoms. The van der Waals surface area contributed by atoms with Crippen molar-refractivity contribution in [1.29, 1.82) is 0 Å². The number of hydrogen-bond donors (Lipinski definition) is 1. The van der Waals surface area contributed by atoms with Crippen molar-refractivity contribution in [3.05, 3.63) is 40.7 Å². The van der Waals surface area contributed by atoms with Crippen LogP contribution in [0.2, 0.25) is 0 Å². The third kappa shape index (κ3) is 4.59. The third-order valence-electron chi connectivity index (χ3n) is 3.86. The molecule has 1 aromatic heterocycles. The molecule has 134 valence electrons. The molecule has 2 aromatic rings. The van der Waals surface area contributed by atoms with Gasteiger partial charge in [-0.3, -0.25) is 9.59 Å². The van der Waals surface area contributed by atoms with Gasteiger partial charge in [-0.25, -0.2) is 4.68 Å². The van der Waals surface area contributed by atoms with Gasteiger partial charge in [0.15, 0.2) is 5.75 Å². The number of ether oxygens (including phenoxy) is 2. The summed E-state index contributed by atoms with van der Waals surface area (Å²) in [7, 11) is 3.06. The fourth-order valence-electron chi connectivity index (χ4n) is 2.25. The average molecular weight is 345 g/mol. The van der Waals surface area contributed by atoms with Crippen molar-refractivity contribution < 1.29 is 14.3 Å². The number of benzene rings is 1. The van der Waals surface area contributed by atoms with Crippen LogP contribution in [0, 0.1) is 0 Å². The van der Waals surface area contributed by atoms with Gasteiger partial charge in [0.25, 0.3) is 5.56 Å². The lowest BCUT2D eigenvalue weighted by molar-refractivity contribution is -0.122. The van der Waals surface area contributed by atoms with Gasteiger partial charge >= 0.3 is 0 Å². The van der Waals surface area contributed by atoms with Crippen LogP contribution in [0.15, 0.2) is 35.1 Å². The standard InChI is InChI=1S/C18H23N3O4/c1-5-12(2)19-16(22)11-21-17(23)10-15(25-4)18(20-21)13-6-8-14(24-3)9-7-13/h6-10,12H,5,11H2,1-4H3,(H,19,22). The fourth-order valence-corrected chi connectivity index (χ4v) is 2.25. The summed E-state index contributed by atoms with van der Waals surface area (Å²) < 4.78 is 11.6. The largest absolute Gasteiger partial charge is 0.497 e. The zero-order valence-electron chi connectivity index (χ0n) is 14.9. The Morgan fingerprint density at radius 3 is 2.48 bits per heavy atom. The molecular weight excluding hydrogens is 322 g/mol. The molecule has 0 radical (unpaired) electrons. The molecule has 1 aromatic carbocycles. The van der Waals surface area contributed by atoms with Crippen molar-refractivity contribution in [3.63, 3.8) is 0 Å². The van der Waals surface area contributed by atoms with Crippen LogP contribution < -0.4 is 20.3 Å². The van der Waals surface area contributed by atoms with Crippen molar-refractivity contribution in [2.24, 2.45) is 0 Å². The van der Waals surface area contributed by atoms with E-state index in [4.69, 9.17) is 9.47 Å². The minimum Gasteiger partial charge on any atom is -0.497 e. The van der Waals surface area contributed by atoms with E-state index in [9.17, 15) is 9.59 Å². The van der Waals surface area contributed by atoms with Crippen molar-refractivity contribution >= 4 is 5.91 Å². The van der Waals surface area contributed by atoms with Crippen molar-refractivity contribution in [2.45, 2.75) is 32.9 Å². The SMILES string of the molecule is CCC(C)NC(=O)Cn1nc(-c2ccc(OC)cc2)c(OC)cc1=O. The minimum atomic E-state index is -0.395. The Bertz CT molecular complexity index is 784. The molecule has 1 unspecified atom stereocenters. The van der Waals surface area contributed by atoms with E-state index in [1.807, 2.05) is 26.0 Å². The molecule has 1 atom stereocenters. The van der Waals surface area contributed by atoms with E-state index in [0.29, 0.717) is 17.2 Å². The molecule has 1 N–H and O–H groups in total. The van der Waals surface area contributed by atoms with E-state index in [2.05, 4.69) is 10.4 Å². The second-order valence-corrected chi connectivity index (χ2v) is 5.66. The first-order chi connectivity index (χ1) is 12.0. The van der Waals surface area contributed by atoms with Crippen LogP contribution >= 0.6 is 0 Å². The maximum atomic E-state index is 12.2. The van der Waals surface area contributed by atoms with Crippen LogP contribution in [0.5, 0.6) is 11.5 Å². The first kappa shape index (κ1) is 18.5. The lowest BCUT2D eigenvalue weighted by Gasteiger charge is -2.14. The maximum Gasteiger partial charge on any atom is 0.270 e. The number of amides is 1. The lowest BCUT2D eigenvalue weighted by Crippen LogP contribution is -2.37. The number of nitrogens with zero attached hydrogens (tertiary/aromatic N) is 2. The lowest BCUT2D eigenvalue weighted by atomic mass is 10.1. The Labute approximate surface area is 146 Å². The van der Waals surface area contributed by atoms with Gasteiger partial charge in [0.1, 0.15) is 18.0 Å². The Balaban J connectivity index is 2.36. The summed E-state index contributed by atoms with van der Waals surface area (Å²) in [5.74, 6) is 0.813. The van der Waals surface area contributed by atoms with Gasteiger partial charge in [0.2, 0.25) is 5.91 Å². The summed E-state index contributed by atoms with van der Waals surface area (Å²) in [6, 6.07) is 8.60. The van der Waals surface area contributed by atoms with E-state index in [1.54, 1.807) is 19.2 Å². The molecule has 2 rings (SSSR count). The summed E-state index contributed by atoms with van der Waals surface area (Å²) in [5, 5.41) is 7.14. The van der Waals surface area contributed by atoms with Crippen LogP contribution in [0.3, 0.4) is 0 Å². The highest BCUT2D eigenvalue weighted by Crippen LogP contribution is 2.27. The van der Waals surface area contributed by atoms with Crippen molar-refractivity contribution in [1.82, 2.24) is 15.1 Å². The summed E-state index contributed by atoms with van der Waals surface area (Å²) in [4.78, 5) is 24.3. The summed E-state index contributed by atoms with van der Waals surface area (Å²) >= 11 is 0. The molecule has 25 heavy (non-hydrogen) atoms. The van der Waals surface area contributed by atoms with Gasteiger partial charge in [-0.1, -0.05) is 6.92 Å². The number of hydrogen-bond acceptors (Lipinski definition) is 5. The van der Waals surface area contributed by atoms with Crippen LogP contribution in [-0.2, 0) is 11.3 Å².